The van der Waals surface area contributed by atoms with Gasteiger partial charge < -0.3 is 20.3 Å². The Labute approximate surface area is 210 Å². The van der Waals surface area contributed by atoms with Gasteiger partial charge in [0, 0.05) is 54.4 Å². The minimum absolute atomic E-state index is 0. The summed E-state index contributed by atoms with van der Waals surface area (Å²) >= 11 is 0. The molecule has 3 aliphatic rings. The monoisotopic (exact) mass is 481 g/mol. The van der Waals surface area contributed by atoms with Gasteiger partial charge in [0.25, 0.3) is 0 Å². The van der Waals surface area contributed by atoms with Crippen LogP contribution in [0.3, 0.4) is 0 Å². The number of carbonyl (C=O) groups excluding carboxylic acids is 1. The summed E-state index contributed by atoms with van der Waals surface area (Å²) in [4.78, 5) is 15.4. The van der Waals surface area contributed by atoms with Crippen molar-refractivity contribution in [1.82, 2.24) is 15.5 Å². The molecule has 3 heterocycles. The molecule has 7 nitrogen and oxygen atoms in total. The predicted molar refractivity (Wildman–Crippen MR) is 144 cm³/mol. The van der Waals surface area contributed by atoms with Crippen LogP contribution in [0.4, 0.5) is 11.4 Å². The summed E-state index contributed by atoms with van der Waals surface area (Å²) in [5.41, 5.74) is 6.90. The molecule has 1 amide bonds. The van der Waals surface area contributed by atoms with Crippen molar-refractivity contribution in [3.05, 3.63) is 71.8 Å². The van der Waals surface area contributed by atoms with E-state index >= 15 is 0 Å². The molecule has 2 aliphatic heterocycles. The number of carbonyl (C=O) groups is 1. The Bertz CT molecular complexity index is 1470. The fraction of sp³-hybridized carbons (Fsp3) is 0.310. The van der Waals surface area contributed by atoms with Gasteiger partial charge in [0.2, 0.25) is 5.91 Å². The zero-order chi connectivity index (χ0) is 23.6. The molecule has 2 fully saturated rings. The number of H-pyrrole nitrogens is 1. The number of nitrogens with zero attached hydrogens (tertiary/aromatic N) is 2. The molecular weight excluding hydrogens is 450 g/mol. The van der Waals surface area contributed by atoms with E-state index in [9.17, 15) is 4.79 Å². The quantitative estimate of drug-likeness (QED) is 0.395. The first-order chi connectivity index (χ1) is 17.2. The van der Waals surface area contributed by atoms with E-state index in [1.807, 2.05) is 18.2 Å². The predicted octanol–water partition coefficient (Wildman–Crippen LogP) is 4.66. The van der Waals surface area contributed by atoms with E-state index < -0.39 is 5.41 Å². The Morgan fingerprint density at radius 2 is 1.92 bits per heavy atom. The first kappa shape index (κ1) is 22.6. The maximum absolute atomic E-state index is 13.0. The normalized spacial score (nSPS) is 22.3. The second-order valence-corrected chi connectivity index (χ2v) is 9.76. The van der Waals surface area contributed by atoms with Crippen LogP contribution in [0.2, 0.25) is 0 Å². The number of hydrogen-bond acceptors (Lipinski definition) is 5. The van der Waals surface area contributed by atoms with E-state index in [0.29, 0.717) is 0 Å². The fourth-order valence-corrected chi connectivity index (χ4v) is 5.95. The van der Waals surface area contributed by atoms with Gasteiger partial charge in [-0.3, -0.25) is 9.89 Å². The Morgan fingerprint density at radius 3 is 2.75 bits per heavy atom. The Kier molecular flexibility index (Phi) is 5.26. The van der Waals surface area contributed by atoms with Crippen molar-refractivity contribution in [2.75, 3.05) is 43.5 Å². The van der Waals surface area contributed by atoms with E-state index in [1.165, 1.54) is 5.69 Å². The number of anilines is 2. The van der Waals surface area contributed by atoms with Gasteiger partial charge in [0.15, 0.2) is 0 Å². The molecule has 184 valence electrons. The highest BCUT2D eigenvalue weighted by Crippen LogP contribution is 2.65. The largest absolute Gasteiger partial charge is 0.497 e. The van der Waals surface area contributed by atoms with Crippen LogP contribution in [-0.2, 0) is 10.2 Å². The summed E-state index contributed by atoms with van der Waals surface area (Å²) in [5.74, 6) is 1.01. The zero-order valence-electron chi connectivity index (χ0n) is 19.6. The number of fused-ring (bicyclic) bond motifs is 3. The van der Waals surface area contributed by atoms with Gasteiger partial charge in [0.05, 0.1) is 23.7 Å². The summed E-state index contributed by atoms with van der Waals surface area (Å²) in [5, 5.41) is 15.5. The van der Waals surface area contributed by atoms with Crippen LogP contribution in [-0.4, -0.2) is 49.4 Å². The average molecular weight is 482 g/mol. The summed E-state index contributed by atoms with van der Waals surface area (Å²) < 4.78 is 5.43. The van der Waals surface area contributed by atoms with Crippen molar-refractivity contribution in [2.45, 2.75) is 25.2 Å². The van der Waals surface area contributed by atoms with Crippen LogP contribution in [0, 0.1) is 0 Å². The van der Waals surface area contributed by atoms with Gasteiger partial charge in [-0.2, -0.15) is 5.10 Å². The van der Waals surface area contributed by atoms with Gasteiger partial charge in [0.1, 0.15) is 5.75 Å². The third-order valence-electron chi connectivity index (χ3n) is 7.91. The summed E-state index contributed by atoms with van der Waals surface area (Å²) in [6.07, 6.45) is 0.804. The number of nitrogens with one attached hydrogen (secondary N) is 3. The van der Waals surface area contributed by atoms with Crippen LogP contribution in [0.5, 0.6) is 5.75 Å². The highest BCUT2D eigenvalue weighted by atomic mass is 16.5. The lowest BCUT2D eigenvalue weighted by molar-refractivity contribution is -0.118. The first-order valence-corrected chi connectivity index (χ1v) is 12.2. The molecule has 1 unspecified atom stereocenters. The van der Waals surface area contributed by atoms with E-state index in [-0.39, 0.29) is 19.3 Å². The van der Waals surface area contributed by atoms with E-state index in [2.05, 4.69) is 68.2 Å². The topological polar surface area (TPSA) is 82.3 Å². The summed E-state index contributed by atoms with van der Waals surface area (Å²) in [7, 11) is 1.66. The molecular formula is C29H31N5O2. The molecule has 1 spiro atoms. The molecule has 36 heavy (non-hydrogen) atoms. The molecule has 1 saturated carbocycles. The van der Waals surface area contributed by atoms with Crippen LogP contribution in [0.1, 0.15) is 30.9 Å². The smallest absolute Gasteiger partial charge is 0.235 e. The van der Waals surface area contributed by atoms with Gasteiger partial charge in [-0.05, 0) is 53.9 Å². The number of methoxy groups -OCH3 is 1. The summed E-state index contributed by atoms with van der Waals surface area (Å²) in [6, 6.07) is 20.9. The number of ether oxygens (including phenoxy) is 1. The number of rotatable bonds is 4. The highest BCUT2D eigenvalue weighted by Gasteiger charge is 2.65. The highest BCUT2D eigenvalue weighted by molar-refractivity contribution is 6.10. The maximum Gasteiger partial charge on any atom is 0.235 e. The third-order valence-corrected chi connectivity index (χ3v) is 7.91. The SMILES string of the molecule is C.COc1ccc2c(c1)[C@]1(CC1c1ccc3c(-c4cccc(N5CCNCC5)c4)n[nH]c3c1)C(=O)N2. The van der Waals surface area contributed by atoms with Crippen molar-refractivity contribution in [3.63, 3.8) is 0 Å². The van der Waals surface area contributed by atoms with Gasteiger partial charge in [-0.1, -0.05) is 31.7 Å². The molecule has 3 N–H and O–H groups in total. The fourth-order valence-electron chi connectivity index (χ4n) is 5.95. The lowest BCUT2D eigenvalue weighted by Gasteiger charge is -2.29. The van der Waals surface area contributed by atoms with Crippen LogP contribution >= 0.6 is 0 Å². The number of piperazine rings is 1. The standard InChI is InChI=1S/C28H27N5O2.CH4/c1-35-20-6-8-24-22(15-20)28(27(34)30-24)16-23(28)17-5-7-21-25(14-17)31-32-26(21)18-3-2-4-19(13-18)33-11-9-29-10-12-33;/h2-8,13-15,23,29H,9-12,16H2,1H3,(H,30,34)(H,31,32);1H4/t23?,28-;/m0./s1. The molecule has 7 rings (SSSR count). The molecule has 7 heteroatoms. The summed E-state index contributed by atoms with van der Waals surface area (Å²) in [6.45, 7) is 4.05. The van der Waals surface area contributed by atoms with Crippen molar-refractivity contribution < 1.29 is 9.53 Å². The minimum Gasteiger partial charge on any atom is -0.497 e. The first-order valence-electron chi connectivity index (χ1n) is 12.2. The van der Waals surface area contributed by atoms with Gasteiger partial charge in [-0.25, -0.2) is 0 Å². The molecule has 2 atom stereocenters. The number of hydrogen-bond donors (Lipinski definition) is 3. The van der Waals surface area contributed by atoms with Crippen molar-refractivity contribution >= 4 is 28.2 Å². The van der Waals surface area contributed by atoms with Crippen molar-refractivity contribution in [3.8, 4) is 17.0 Å². The molecule has 0 radical (unpaired) electrons. The number of aromatic nitrogens is 2. The molecule has 3 aromatic carbocycles. The van der Waals surface area contributed by atoms with E-state index in [4.69, 9.17) is 4.74 Å². The lowest BCUT2D eigenvalue weighted by Crippen LogP contribution is -2.43. The molecule has 1 aromatic heterocycles. The maximum atomic E-state index is 13.0. The van der Waals surface area contributed by atoms with E-state index in [1.54, 1.807) is 7.11 Å². The zero-order valence-corrected chi connectivity index (χ0v) is 19.6. The second kappa shape index (κ2) is 8.38. The Hall–Kier alpha value is -3.84. The van der Waals surface area contributed by atoms with Gasteiger partial charge in [-0.15, -0.1) is 0 Å². The lowest BCUT2D eigenvalue weighted by atomic mass is 9.91. The van der Waals surface area contributed by atoms with E-state index in [0.717, 1.165) is 77.3 Å². The number of aromatic amines is 1. The van der Waals surface area contributed by atoms with Crippen LogP contribution in [0.25, 0.3) is 22.2 Å². The van der Waals surface area contributed by atoms with Gasteiger partial charge >= 0.3 is 0 Å². The Balaban J connectivity index is 0.00000240. The number of amides is 1. The minimum atomic E-state index is -0.502. The molecule has 1 saturated heterocycles. The van der Waals surface area contributed by atoms with Crippen LogP contribution < -0.4 is 20.3 Å². The number of benzene rings is 3. The molecule has 0 bridgehead atoms. The van der Waals surface area contributed by atoms with Crippen molar-refractivity contribution in [2.24, 2.45) is 0 Å². The van der Waals surface area contributed by atoms with Crippen molar-refractivity contribution in [1.29, 1.82) is 0 Å². The Morgan fingerprint density at radius 1 is 1.06 bits per heavy atom. The molecule has 1 aliphatic carbocycles. The second-order valence-electron chi connectivity index (χ2n) is 9.76. The molecule has 4 aromatic rings. The average Bonchev–Trinajstić information content (AvgIpc) is 3.43. The van der Waals surface area contributed by atoms with Crippen LogP contribution in [0.15, 0.2) is 60.7 Å². The third kappa shape index (κ3) is 3.30.